The zero-order valence-electron chi connectivity index (χ0n) is 11.3. The molecule has 2 heterocycles. The zero-order chi connectivity index (χ0) is 14.8. The molecular weight excluding hydrogens is 268 g/mol. The highest BCUT2D eigenvalue weighted by atomic mass is 16.4. The topological polar surface area (TPSA) is 89.2 Å². The summed E-state index contributed by atoms with van der Waals surface area (Å²) in [7, 11) is 0. The van der Waals surface area contributed by atoms with Crippen LogP contribution in [0.1, 0.15) is 12.0 Å². The summed E-state index contributed by atoms with van der Waals surface area (Å²) in [6, 6.07) is 9.55. The predicted octanol–water partition coefficient (Wildman–Crippen LogP) is 2.27. The fourth-order valence-corrected chi connectivity index (χ4v) is 2.66. The van der Waals surface area contributed by atoms with E-state index in [0.717, 1.165) is 17.5 Å². The van der Waals surface area contributed by atoms with Crippen molar-refractivity contribution >= 4 is 22.7 Å². The number of hydrogen-bond acceptors (Lipinski definition) is 4. The van der Waals surface area contributed by atoms with Gasteiger partial charge in [0.05, 0.1) is 11.1 Å². The molecule has 0 bridgehead atoms. The van der Waals surface area contributed by atoms with Crippen molar-refractivity contribution in [2.24, 2.45) is 0 Å². The van der Waals surface area contributed by atoms with Crippen LogP contribution in [0.25, 0.3) is 10.9 Å². The lowest BCUT2D eigenvalue weighted by atomic mass is 10.1. The second-order valence-electron chi connectivity index (χ2n) is 5.03. The third-order valence-electron chi connectivity index (χ3n) is 3.71. The fraction of sp³-hybridized carbons (Fsp3) is 0.267. The van der Waals surface area contributed by atoms with Crippen molar-refractivity contribution < 1.29 is 9.90 Å². The second-order valence-corrected chi connectivity index (χ2v) is 5.03. The van der Waals surface area contributed by atoms with Crippen LogP contribution in [0.2, 0.25) is 0 Å². The lowest BCUT2D eigenvalue weighted by molar-refractivity contribution is 0.155. The minimum atomic E-state index is -0.884. The first-order valence-corrected chi connectivity index (χ1v) is 6.71. The molecule has 21 heavy (non-hydrogen) atoms. The third kappa shape index (κ3) is 2.46. The first kappa shape index (κ1) is 13.2. The van der Waals surface area contributed by atoms with Gasteiger partial charge in [-0.15, -0.1) is 0 Å². The number of carboxylic acid groups (broad SMARTS) is 1. The Morgan fingerprint density at radius 3 is 3.05 bits per heavy atom. The van der Waals surface area contributed by atoms with Crippen molar-refractivity contribution in [2.45, 2.75) is 12.5 Å². The Bertz CT molecular complexity index is 738. The molecule has 0 radical (unpaired) electrons. The van der Waals surface area contributed by atoms with E-state index in [9.17, 15) is 4.79 Å². The largest absolute Gasteiger partial charge is 0.465 e. The summed E-state index contributed by atoms with van der Waals surface area (Å²) in [6.07, 6.45) is 1.55. The van der Waals surface area contributed by atoms with Crippen molar-refractivity contribution in [3.8, 4) is 6.07 Å². The van der Waals surface area contributed by atoms with Crippen LogP contribution in [-0.4, -0.2) is 40.2 Å². The molecule has 1 aromatic heterocycles. The molecule has 6 nitrogen and oxygen atoms in total. The van der Waals surface area contributed by atoms with Gasteiger partial charge >= 0.3 is 6.09 Å². The molecule has 1 aliphatic rings. The molecule has 1 aliphatic heterocycles. The average molecular weight is 282 g/mol. The molecule has 1 saturated heterocycles. The standard InChI is InChI=1S/C15H14N4O2/c16-8-10-3-4-13(12-2-1-6-17-14(10)12)18-11-5-7-19(9-11)15(20)21/h1-4,6,11,18H,5,7,9H2,(H,20,21)/t11-/m0/s1. The quantitative estimate of drug-likeness (QED) is 0.882. The number of nitriles is 1. The number of aromatic nitrogens is 1. The fourth-order valence-electron chi connectivity index (χ4n) is 2.66. The van der Waals surface area contributed by atoms with Crippen LogP contribution in [-0.2, 0) is 0 Å². The number of anilines is 1. The number of nitrogens with one attached hydrogen (secondary N) is 1. The second kappa shape index (κ2) is 5.29. The zero-order valence-corrected chi connectivity index (χ0v) is 11.3. The molecule has 0 aliphatic carbocycles. The number of amides is 1. The number of fused-ring (bicyclic) bond motifs is 1. The van der Waals surface area contributed by atoms with Gasteiger partial charge in [-0.3, -0.25) is 4.98 Å². The summed E-state index contributed by atoms with van der Waals surface area (Å²) >= 11 is 0. The average Bonchev–Trinajstić information content (AvgIpc) is 2.96. The molecule has 1 fully saturated rings. The maximum atomic E-state index is 10.9. The molecular formula is C15H14N4O2. The monoisotopic (exact) mass is 282 g/mol. The number of pyridine rings is 1. The van der Waals surface area contributed by atoms with Gasteiger partial charge in [0.25, 0.3) is 0 Å². The number of benzene rings is 1. The molecule has 2 aromatic rings. The molecule has 0 spiro atoms. The molecule has 1 amide bonds. The van der Waals surface area contributed by atoms with E-state index in [2.05, 4.69) is 16.4 Å². The molecule has 0 unspecified atom stereocenters. The van der Waals surface area contributed by atoms with E-state index in [4.69, 9.17) is 10.4 Å². The van der Waals surface area contributed by atoms with Crippen LogP contribution in [0.5, 0.6) is 0 Å². The van der Waals surface area contributed by atoms with Gasteiger partial charge < -0.3 is 15.3 Å². The normalized spacial score (nSPS) is 17.7. The maximum absolute atomic E-state index is 10.9. The summed E-state index contributed by atoms with van der Waals surface area (Å²) in [6.45, 7) is 1.01. The first-order chi connectivity index (χ1) is 10.2. The van der Waals surface area contributed by atoms with Crippen molar-refractivity contribution in [2.75, 3.05) is 18.4 Å². The predicted molar refractivity (Wildman–Crippen MR) is 78.1 cm³/mol. The molecule has 2 N–H and O–H groups in total. The van der Waals surface area contributed by atoms with Gasteiger partial charge in [-0.25, -0.2) is 4.79 Å². The number of likely N-dealkylation sites (tertiary alicyclic amines) is 1. The van der Waals surface area contributed by atoms with Crippen molar-refractivity contribution in [3.63, 3.8) is 0 Å². The molecule has 1 atom stereocenters. The Kier molecular flexibility index (Phi) is 3.32. The summed E-state index contributed by atoms with van der Waals surface area (Å²) in [5.41, 5.74) is 2.09. The lowest BCUT2D eigenvalue weighted by Crippen LogP contribution is -2.30. The maximum Gasteiger partial charge on any atom is 0.407 e. The molecule has 106 valence electrons. The van der Waals surface area contributed by atoms with E-state index in [0.29, 0.717) is 24.2 Å². The van der Waals surface area contributed by atoms with Crippen LogP contribution < -0.4 is 5.32 Å². The van der Waals surface area contributed by atoms with Crippen molar-refractivity contribution in [1.29, 1.82) is 5.26 Å². The van der Waals surface area contributed by atoms with Crippen LogP contribution in [0, 0.1) is 11.3 Å². The smallest absolute Gasteiger partial charge is 0.407 e. The van der Waals surface area contributed by atoms with E-state index < -0.39 is 6.09 Å². The molecule has 6 heteroatoms. The summed E-state index contributed by atoms with van der Waals surface area (Å²) < 4.78 is 0. The summed E-state index contributed by atoms with van der Waals surface area (Å²) in [4.78, 5) is 16.6. The third-order valence-corrected chi connectivity index (χ3v) is 3.71. The van der Waals surface area contributed by atoms with E-state index in [1.165, 1.54) is 4.90 Å². The molecule has 0 saturated carbocycles. The Morgan fingerprint density at radius 1 is 1.48 bits per heavy atom. The minimum absolute atomic E-state index is 0.0810. The van der Waals surface area contributed by atoms with E-state index >= 15 is 0 Å². The highest BCUT2D eigenvalue weighted by molar-refractivity contribution is 5.94. The number of rotatable bonds is 2. The van der Waals surface area contributed by atoms with Gasteiger partial charge in [0, 0.05) is 36.4 Å². The van der Waals surface area contributed by atoms with E-state index in [-0.39, 0.29) is 6.04 Å². The van der Waals surface area contributed by atoms with Crippen LogP contribution in [0.3, 0.4) is 0 Å². The Hall–Kier alpha value is -2.81. The molecule has 1 aromatic carbocycles. The highest BCUT2D eigenvalue weighted by Crippen LogP contribution is 2.26. The van der Waals surface area contributed by atoms with Gasteiger partial charge in [-0.2, -0.15) is 5.26 Å². The summed E-state index contributed by atoms with van der Waals surface area (Å²) in [5.74, 6) is 0. The van der Waals surface area contributed by atoms with Crippen LogP contribution in [0.15, 0.2) is 30.5 Å². The van der Waals surface area contributed by atoms with Gasteiger partial charge in [0.1, 0.15) is 6.07 Å². The first-order valence-electron chi connectivity index (χ1n) is 6.71. The van der Waals surface area contributed by atoms with Gasteiger partial charge in [0.2, 0.25) is 0 Å². The Morgan fingerprint density at radius 2 is 2.33 bits per heavy atom. The Labute approximate surface area is 121 Å². The van der Waals surface area contributed by atoms with Crippen molar-refractivity contribution in [1.82, 2.24) is 9.88 Å². The number of carbonyl (C=O) groups is 1. The Balaban J connectivity index is 1.89. The van der Waals surface area contributed by atoms with Crippen LogP contribution in [0.4, 0.5) is 10.5 Å². The number of hydrogen-bond donors (Lipinski definition) is 2. The minimum Gasteiger partial charge on any atom is -0.465 e. The van der Waals surface area contributed by atoms with Crippen LogP contribution >= 0.6 is 0 Å². The van der Waals surface area contributed by atoms with E-state index in [1.807, 2.05) is 18.2 Å². The van der Waals surface area contributed by atoms with Crippen molar-refractivity contribution in [3.05, 3.63) is 36.0 Å². The molecule has 3 rings (SSSR count). The van der Waals surface area contributed by atoms with Gasteiger partial charge in [0.15, 0.2) is 0 Å². The lowest BCUT2D eigenvalue weighted by Gasteiger charge is -2.16. The highest BCUT2D eigenvalue weighted by Gasteiger charge is 2.26. The van der Waals surface area contributed by atoms with Gasteiger partial charge in [-0.05, 0) is 30.7 Å². The van der Waals surface area contributed by atoms with E-state index in [1.54, 1.807) is 12.3 Å². The SMILES string of the molecule is N#Cc1ccc(N[C@H]2CCN(C(=O)O)C2)c2cccnc12. The number of nitrogens with zero attached hydrogens (tertiary/aromatic N) is 3. The summed E-state index contributed by atoms with van der Waals surface area (Å²) in [5, 5.41) is 22.4. The van der Waals surface area contributed by atoms with Gasteiger partial charge in [-0.1, -0.05) is 0 Å².